The van der Waals surface area contributed by atoms with Gasteiger partial charge in [-0.15, -0.1) is 0 Å². The summed E-state index contributed by atoms with van der Waals surface area (Å²) in [6.45, 7) is 6.00. The lowest BCUT2D eigenvalue weighted by Crippen LogP contribution is -2.38. The second-order valence-electron chi connectivity index (χ2n) is 5.67. The van der Waals surface area contributed by atoms with Gasteiger partial charge in [0.25, 0.3) is 0 Å². The normalized spacial score (nSPS) is 15.8. The monoisotopic (exact) mass is 290 g/mol. The van der Waals surface area contributed by atoms with Gasteiger partial charge in [-0.2, -0.15) is 0 Å². The van der Waals surface area contributed by atoms with Crippen LogP contribution in [-0.4, -0.2) is 36.6 Å². The standard InChI is InChI=1S/C16H22N2O3/c1-11-9-14(3-4-15(11)16(20)21)18-7-5-13(6-8-18)10-17-12(2)19/h3-4,9,13H,5-8,10H2,1-2H3,(H,17,19)(H,20,21). The molecule has 0 saturated carbocycles. The summed E-state index contributed by atoms with van der Waals surface area (Å²) < 4.78 is 0. The molecular formula is C16H22N2O3. The van der Waals surface area contributed by atoms with E-state index in [2.05, 4.69) is 10.2 Å². The number of anilines is 1. The number of aryl methyl sites for hydroxylation is 1. The number of rotatable bonds is 4. The number of hydrogen-bond donors (Lipinski definition) is 2. The summed E-state index contributed by atoms with van der Waals surface area (Å²) in [5.41, 5.74) is 2.23. The molecule has 5 heteroatoms. The number of carboxylic acids is 1. The SMILES string of the molecule is CC(=O)NCC1CCN(c2ccc(C(=O)O)c(C)c2)CC1. The molecular weight excluding hydrogens is 268 g/mol. The van der Waals surface area contributed by atoms with Crippen molar-refractivity contribution in [2.75, 3.05) is 24.5 Å². The van der Waals surface area contributed by atoms with E-state index in [1.165, 1.54) is 0 Å². The van der Waals surface area contributed by atoms with Crippen LogP contribution in [0.4, 0.5) is 5.69 Å². The summed E-state index contributed by atoms with van der Waals surface area (Å²) >= 11 is 0. The van der Waals surface area contributed by atoms with Crippen LogP contribution in [-0.2, 0) is 4.79 Å². The molecule has 0 atom stereocenters. The molecule has 1 aliphatic heterocycles. The highest BCUT2D eigenvalue weighted by molar-refractivity contribution is 5.89. The van der Waals surface area contributed by atoms with Crippen molar-refractivity contribution in [1.82, 2.24) is 5.32 Å². The van der Waals surface area contributed by atoms with E-state index in [9.17, 15) is 9.59 Å². The molecule has 1 saturated heterocycles. The van der Waals surface area contributed by atoms with Crippen LogP contribution in [0.25, 0.3) is 0 Å². The number of carbonyl (C=O) groups is 2. The van der Waals surface area contributed by atoms with Crippen molar-refractivity contribution in [1.29, 1.82) is 0 Å². The Morgan fingerprint density at radius 3 is 2.52 bits per heavy atom. The number of carboxylic acid groups (broad SMARTS) is 1. The minimum absolute atomic E-state index is 0.0253. The largest absolute Gasteiger partial charge is 0.478 e. The van der Waals surface area contributed by atoms with Crippen molar-refractivity contribution < 1.29 is 14.7 Å². The first kappa shape index (κ1) is 15.4. The Kier molecular flexibility index (Phi) is 4.83. The number of amides is 1. The Morgan fingerprint density at radius 2 is 2.00 bits per heavy atom. The maximum Gasteiger partial charge on any atom is 0.335 e. The maximum atomic E-state index is 11.0. The van der Waals surface area contributed by atoms with Crippen LogP contribution >= 0.6 is 0 Å². The molecule has 0 radical (unpaired) electrons. The predicted octanol–water partition coefficient (Wildman–Crippen LogP) is 2.05. The number of aromatic carboxylic acids is 1. The summed E-state index contributed by atoms with van der Waals surface area (Å²) in [5.74, 6) is -0.324. The topological polar surface area (TPSA) is 69.6 Å². The highest BCUT2D eigenvalue weighted by Crippen LogP contribution is 2.25. The van der Waals surface area contributed by atoms with E-state index in [1.54, 1.807) is 13.0 Å². The summed E-state index contributed by atoms with van der Waals surface area (Å²) in [6, 6.07) is 5.50. The van der Waals surface area contributed by atoms with Crippen LogP contribution < -0.4 is 10.2 Å². The van der Waals surface area contributed by atoms with E-state index in [4.69, 9.17) is 5.11 Å². The fourth-order valence-electron chi connectivity index (χ4n) is 2.77. The van der Waals surface area contributed by atoms with Crippen LogP contribution in [0, 0.1) is 12.8 Å². The summed E-state index contributed by atoms with van der Waals surface area (Å²) in [4.78, 5) is 24.2. The molecule has 21 heavy (non-hydrogen) atoms. The average molecular weight is 290 g/mol. The molecule has 1 aromatic rings. The molecule has 1 heterocycles. The van der Waals surface area contributed by atoms with Gasteiger partial charge in [-0.1, -0.05) is 0 Å². The van der Waals surface area contributed by atoms with E-state index in [0.29, 0.717) is 11.5 Å². The third-order valence-corrected chi connectivity index (χ3v) is 4.06. The zero-order valence-corrected chi connectivity index (χ0v) is 12.6. The summed E-state index contributed by atoms with van der Waals surface area (Å²) in [5, 5.41) is 11.9. The quantitative estimate of drug-likeness (QED) is 0.890. The van der Waals surface area contributed by atoms with E-state index in [1.807, 2.05) is 19.1 Å². The van der Waals surface area contributed by atoms with Gasteiger partial charge in [-0.3, -0.25) is 4.79 Å². The molecule has 0 aliphatic carbocycles. The Bertz CT molecular complexity index is 534. The molecule has 1 fully saturated rings. The number of benzene rings is 1. The molecule has 2 N–H and O–H groups in total. The first-order chi connectivity index (χ1) is 9.97. The number of carbonyl (C=O) groups excluding carboxylic acids is 1. The first-order valence-electron chi connectivity index (χ1n) is 7.30. The van der Waals surface area contributed by atoms with Crippen LogP contribution in [0.5, 0.6) is 0 Å². The van der Waals surface area contributed by atoms with E-state index in [-0.39, 0.29) is 5.91 Å². The molecule has 0 spiro atoms. The molecule has 2 rings (SSSR count). The van der Waals surface area contributed by atoms with Gasteiger partial charge < -0.3 is 15.3 Å². The van der Waals surface area contributed by atoms with Gasteiger partial charge >= 0.3 is 5.97 Å². The van der Waals surface area contributed by atoms with Gasteiger partial charge in [0, 0.05) is 32.2 Å². The van der Waals surface area contributed by atoms with Crippen LogP contribution in [0.1, 0.15) is 35.7 Å². The van der Waals surface area contributed by atoms with E-state index < -0.39 is 5.97 Å². The van der Waals surface area contributed by atoms with Crippen molar-refractivity contribution in [2.24, 2.45) is 5.92 Å². The molecule has 5 nitrogen and oxygen atoms in total. The Hall–Kier alpha value is -2.04. The second-order valence-corrected chi connectivity index (χ2v) is 5.67. The molecule has 1 amide bonds. The maximum absolute atomic E-state index is 11.0. The number of piperidine rings is 1. The smallest absolute Gasteiger partial charge is 0.335 e. The lowest BCUT2D eigenvalue weighted by Gasteiger charge is -2.34. The third-order valence-electron chi connectivity index (χ3n) is 4.06. The third kappa shape index (κ3) is 3.97. The Balaban J connectivity index is 1.94. The van der Waals surface area contributed by atoms with E-state index >= 15 is 0 Å². The molecule has 1 aromatic carbocycles. The predicted molar refractivity (Wildman–Crippen MR) is 81.8 cm³/mol. The van der Waals surface area contributed by atoms with Crippen molar-refractivity contribution in [3.8, 4) is 0 Å². The second kappa shape index (κ2) is 6.61. The van der Waals surface area contributed by atoms with Crippen LogP contribution in [0.3, 0.4) is 0 Å². The lowest BCUT2D eigenvalue weighted by atomic mass is 9.96. The van der Waals surface area contributed by atoms with Crippen molar-refractivity contribution in [3.05, 3.63) is 29.3 Å². The highest BCUT2D eigenvalue weighted by atomic mass is 16.4. The molecule has 1 aliphatic rings. The van der Waals surface area contributed by atoms with Gasteiger partial charge in [0.15, 0.2) is 0 Å². The number of nitrogens with one attached hydrogen (secondary N) is 1. The fraction of sp³-hybridized carbons (Fsp3) is 0.500. The van der Waals surface area contributed by atoms with Crippen LogP contribution in [0.2, 0.25) is 0 Å². The molecule has 0 bridgehead atoms. The first-order valence-corrected chi connectivity index (χ1v) is 7.30. The van der Waals surface area contributed by atoms with Gasteiger partial charge in [0.05, 0.1) is 5.56 Å². The Labute approximate surface area is 125 Å². The van der Waals surface area contributed by atoms with Gasteiger partial charge in [-0.25, -0.2) is 4.79 Å². The minimum Gasteiger partial charge on any atom is -0.478 e. The molecule has 0 aromatic heterocycles. The van der Waals surface area contributed by atoms with Crippen LogP contribution in [0.15, 0.2) is 18.2 Å². The fourth-order valence-corrected chi connectivity index (χ4v) is 2.77. The lowest BCUT2D eigenvalue weighted by molar-refractivity contribution is -0.119. The van der Waals surface area contributed by atoms with Crippen molar-refractivity contribution in [2.45, 2.75) is 26.7 Å². The Morgan fingerprint density at radius 1 is 1.33 bits per heavy atom. The average Bonchev–Trinajstić information content (AvgIpc) is 2.45. The number of hydrogen-bond acceptors (Lipinski definition) is 3. The minimum atomic E-state index is -0.881. The summed E-state index contributed by atoms with van der Waals surface area (Å²) in [7, 11) is 0. The van der Waals surface area contributed by atoms with Gasteiger partial charge in [-0.05, 0) is 49.4 Å². The zero-order chi connectivity index (χ0) is 15.4. The zero-order valence-electron chi connectivity index (χ0n) is 12.6. The van der Waals surface area contributed by atoms with E-state index in [0.717, 1.165) is 43.7 Å². The van der Waals surface area contributed by atoms with Gasteiger partial charge in [0.1, 0.15) is 0 Å². The van der Waals surface area contributed by atoms with Crippen molar-refractivity contribution in [3.63, 3.8) is 0 Å². The summed E-state index contributed by atoms with van der Waals surface area (Å²) in [6.07, 6.45) is 2.08. The molecule has 0 unspecified atom stereocenters. The number of nitrogens with zero attached hydrogens (tertiary/aromatic N) is 1. The highest BCUT2D eigenvalue weighted by Gasteiger charge is 2.20. The van der Waals surface area contributed by atoms with Crippen molar-refractivity contribution >= 4 is 17.6 Å². The van der Waals surface area contributed by atoms with Gasteiger partial charge in [0.2, 0.25) is 5.91 Å². The molecule has 114 valence electrons.